The van der Waals surface area contributed by atoms with Gasteiger partial charge in [0.15, 0.2) is 0 Å². The minimum absolute atomic E-state index is 0.111. The number of carbonyl (C=O) groups excluding carboxylic acids is 1. The minimum atomic E-state index is -0.568. The van der Waals surface area contributed by atoms with Crippen LogP contribution < -0.4 is 5.73 Å². The van der Waals surface area contributed by atoms with Gasteiger partial charge in [-0.2, -0.15) is 0 Å². The van der Waals surface area contributed by atoms with E-state index >= 15 is 0 Å². The fourth-order valence-corrected chi connectivity index (χ4v) is 1.49. The molecule has 1 rings (SSSR count). The molecule has 0 amide bonds. The Morgan fingerprint density at radius 1 is 1.35 bits per heavy atom. The van der Waals surface area contributed by atoms with Crippen molar-refractivity contribution in [2.75, 3.05) is 0 Å². The first-order valence-corrected chi connectivity index (χ1v) is 6.36. The largest absolute Gasteiger partial charge is 0.325 e. The zero-order chi connectivity index (χ0) is 13.3. The van der Waals surface area contributed by atoms with Crippen molar-refractivity contribution in [3.05, 3.63) is 28.5 Å². The van der Waals surface area contributed by atoms with Gasteiger partial charge in [0, 0.05) is 33.7 Å². The van der Waals surface area contributed by atoms with Crippen molar-refractivity contribution in [1.29, 1.82) is 0 Å². The van der Waals surface area contributed by atoms with E-state index in [0.717, 1.165) is 10.2 Å². The maximum Gasteiger partial charge on any atom is 0.146 e. The molecule has 0 unspecified atom stereocenters. The van der Waals surface area contributed by atoms with Crippen LogP contribution in [0.25, 0.3) is 0 Å². The number of rotatable bonds is 4. The zero-order valence-electron chi connectivity index (χ0n) is 10.7. The number of nitrogens with two attached hydrogens (primary N) is 1. The molecule has 0 atom stereocenters. The summed E-state index contributed by atoms with van der Waals surface area (Å²) in [6.45, 7) is 7.52. The predicted octanol–water partition coefficient (Wildman–Crippen LogP) is 2.72. The molecule has 0 bridgehead atoms. The van der Waals surface area contributed by atoms with Crippen molar-refractivity contribution in [2.45, 2.75) is 39.7 Å². The molecular formula is C13H19BrN2O. The second kappa shape index (κ2) is 4.86. The van der Waals surface area contributed by atoms with E-state index in [1.807, 2.05) is 39.8 Å². The summed E-state index contributed by atoms with van der Waals surface area (Å²) in [4.78, 5) is 16.4. The fourth-order valence-electron chi connectivity index (χ4n) is 1.26. The van der Waals surface area contributed by atoms with Crippen LogP contribution in [0.2, 0.25) is 0 Å². The maximum absolute atomic E-state index is 12.2. The Hall–Kier alpha value is -0.740. The number of hydrogen-bond donors (Lipinski definition) is 1. The summed E-state index contributed by atoms with van der Waals surface area (Å²) in [6.07, 6.45) is 2.02. The van der Waals surface area contributed by atoms with E-state index in [1.165, 1.54) is 0 Å². The van der Waals surface area contributed by atoms with Crippen LogP contribution in [0.15, 0.2) is 22.8 Å². The van der Waals surface area contributed by atoms with Crippen molar-refractivity contribution < 1.29 is 4.79 Å². The van der Waals surface area contributed by atoms with Crippen LogP contribution in [-0.2, 0) is 11.2 Å². The topological polar surface area (TPSA) is 56.0 Å². The summed E-state index contributed by atoms with van der Waals surface area (Å²) in [5.74, 6) is 0.111. The standard InChI is InChI=1S/C13H19BrN2O/c1-12(2,13(3,4)15)11(17)7-10-6-5-9(14)8-16-10/h5-6,8H,7,15H2,1-4H3. The molecular weight excluding hydrogens is 280 g/mol. The average molecular weight is 299 g/mol. The van der Waals surface area contributed by atoms with Crippen molar-refractivity contribution in [2.24, 2.45) is 11.1 Å². The van der Waals surface area contributed by atoms with E-state index in [4.69, 9.17) is 5.73 Å². The van der Waals surface area contributed by atoms with E-state index in [2.05, 4.69) is 20.9 Å². The predicted molar refractivity (Wildman–Crippen MR) is 72.7 cm³/mol. The van der Waals surface area contributed by atoms with E-state index in [0.29, 0.717) is 6.42 Å². The summed E-state index contributed by atoms with van der Waals surface area (Å²) >= 11 is 3.32. The van der Waals surface area contributed by atoms with Gasteiger partial charge in [-0.25, -0.2) is 0 Å². The third kappa shape index (κ3) is 3.36. The Bertz CT molecular complexity index is 404. The van der Waals surface area contributed by atoms with E-state index in [1.54, 1.807) is 6.20 Å². The Balaban J connectivity index is 2.83. The first-order chi connectivity index (χ1) is 7.64. The van der Waals surface area contributed by atoms with Crippen LogP contribution in [0.4, 0.5) is 0 Å². The molecule has 3 nitrogen and oxygen atoms in total. The fraction of sp³-hybridized carbons (Fsp3) is 0.538. The Morgan fingerprint density at radius 2 is 1.94 bits per heavy atom. The number of pyridine rings is 1. The first-order valence-electron chi connectivity index (χ1n) is 5.57. The van der Waals surface area contributed by atoms with Gasteiger partial charge in [-0.15, -0.1) is 0 Å². The molecule has 0 radical (unpaired) electrons. The molecule has 0 aliphatic rings. The van der Waals surface area contributed by atoms with Gasteiger partial charge in [0.1, 0.15) is 5.78 Å². The molecule has 1 aromatic rings. The van der Waals surface area contributed by atoms with Gasteiger partial charge in [-0.3, -0.25) is 9.78 Å². The number of aromatic nitrogens is 1. The molecule has 2 N–H and O–H groups in total. The average Bonchev–Trinajstić information content (AvgIpc) is 2.19. The smallest absolute Gasteiger partial charge is 0.146 e. The molecule has 0 saturated carbocycles. The highest BCUT2D eigenvalue weighted by atomic mass is 79.9. The second-order valence-electron chi connectivity index (χ2n) is 5.41. The Labute approximate surface area is 111 Å². The van der Waals surface area contributed by atoms with E-state index < -0.39 is 11.0 Å². The maximum atomic E-state index is 12.2. The molecule has 0 aliphatic carbocycles. The van der Waals surface area contributed by atoms with Crippen LogP contribution in [-0.4, -0.2) is 16.3 Å². The number of halogens is 1. The van der Waals surface area contributed by atoms with Crippen molar-refractivity contribution >= 4 is 21.7 Å². The third-order valence-corrected chi connectivity index (χ3v) is 3.91. The monoisotopic (exact) mass is 298 g/mol. The molecule has 0 saturated heterocycles. The van der Waals surface area contributed by atoms with Crippen molar-refractivity contribution in [3.63, 3.8) is 0 Å². The van der Waals surface area contributed by atoms with Crippen LogP contribution in [0.3, 0.4) is 0 Å². The lowest BCUT2D eigenvalue weighted by atomic mass is 9.71. The second-order valence-corrected chi connectivity index (χ2v) is 6.33. The van der Waals surface area contributed by atoms with E-state index in [9.17, 15) is 4.79 Å². The lowest BCUT2D eigenvalue weighted by Gasteiger charge is -2.37. The van der Waals surface area contributed by atoms with E-state index in [-0.39, 0.29) is 5.78 Å². The molecule has 94 valence electrons. The SMILES string of the molecule is CC(C)(N)C(C)(C)C(=O)Cc1ccc(Br)cn1. The van der Waals surface area contributed by atoms with Crippen molar-refractivity contribution in [1.82, 2.24) is 4.98 Å². The summed E-state index contributed by atoms with van der Waals surface area (Å²) in [7, 11) is 0. The van der Waals surface area contributed by atoms with Gasteiger partial charge >= 0.3 is 0 Å². The van der Waals surface area contributed by atoms with Gasteiger partial charge in [-0.1, -0.05) is 13.8 Å². The molecule has 1 aromatic heterocycles. The number of nitrogens with zero attached hydrogens (tertiary/aromatic N) is 1. The van der Waals surface area contributed by atoms with Gasteiger partial charge in [-0.05, 0) is 41.9 Å². The van der Waals surface area contributed by atoms with Gasteiger partial charge in [0.2, 0.25) is 0 Å². The number of ketones is 1. The Kier molecular flexibility index (Phi) is 4.10. The lowest BCUT2D eigenvalue weighted by Crippen LogP contribution is -2.52. The highest BCUT2D eigenvalue weighted by Gasteiger charge is 2.39. The number of Topliss-reactive ketones (excluding diaryl/α,β-unsaturated/α-hetero) is 1. The highest BCUT2D eigenvalue weighted by molar-refractivity contribution is 9.10. The molecule has 17 heavy (non-hydrogen) atoms. The van der Waals surface area contributed by atoms with Gasteiger partial charge in [0.25, 0.3) is 0 Å². The molecule has 0 aliphatic heterocycles. The van der Waals surface area contributed by atoms with Crippen LogP contribution in [0.1, 0.15) is 33.4 Å². The lowest BCUT2D eigenvalue weighted by molar-refractivity contribution is -0.129. The van der Waals surface area contributed by atoms with Gasteiger partial charge < -0.3 is 5.73 Å². The van der Waals surface area contributed by atoms with Gasteiger partial charge in [0.05, 0.1) is 0 Å². The Morgan fingerprint density at radius 3 is 2.35 bits per heavy atom. The number of hydrogen-bond acceptors (Lipinski definition) is 3. The quantitative estimate of drug-likeness (QED) is 0.930. The first kappa shape index (κ1) is 14.3. The summed E-state index contributed by atoms with van der Waals surface area (Å²) < 4.78 is 0.909. The third-order valence-electron chi connectivity index (χ3n) is 3.44. The number of carbonyl (C=O) groups is 1. The molecule has 1 heterocycles. The minimum Gasteiger partial charge on any atom is -0.325 e. The van der Waals surface area contributed by atoms with Crippen LogP contribution in [0.5, 0.6) is 0 Å². The molecule has 0 fully saturated rings. The molecule has 0 spiro atoms. The summed E-state index contributed by atoms with van der Waals surface area (Å²) in [5.41, 5.74) is 5.71. The zero-order valence-corrected chi connectivity index (χ0v) is 12.3. The highest BCUT2D eigenvalue weighted by Crippen LogP contribution is 2.30. The summed E-state index contributed by atoms with van der Waals surface area (Å²) in [6, 6.07) is 3.73. The molecule has 4 heteroatoms. The molecule has 0 aromatic carbocycles. The van der Waals surface area contributed by atoms with Crippen LogP contribution in [0, 0.1) is 5.41 Å². The summed E-state index contributed by atoms with van der Waals surface area (Å²) in [5, 5.41) is 0. The van der Waals surface area contributed by atoms with Crippen molar-refractivity contribution in [3.8, 4) is 0 Å². The normalized spacial score (nSPS) is 12.6. The van der Waals surface area contributed by atoms with Crippen LogP contribution >= 0.6 is 15.9 Å².